The van der Waals surface area contributed by atoms with E-state index in [2.05, 4.69) is 13.8 Å². The van der Waals surface area contributed by atoms with Gasteiger partial charge in [-0.05, 0) is 40.5 Å². The number of hydrogen-bond donors (Lipinski definition) is 0. The molecule has 0 aromatic heterocycles. The summed E-state index contributed by atoms with van der Waals surface area (Å²) in [6, 6.07) is 0. The molecule has 0 aromatic carbocycles. The Kier molecular flexibility index (Phi) is 52.8. The summed E-state index contributed by atoms with van der Waals surface area (Å²) in [7, 11) is -3.80. The van der Waals surface area contributed by atoms with E-state index in [9.17, 15) is 8.42 Å². The minimum atomic E-state index is -3.80. The Bertz CT molecular complexity index is 464. The third kappa shape index (κ3) is 51.5. The van der Waals surface area contributed by atoms with E-state index < -0.39 is 10.4 Å². The molecule has 0 heterocycles. The van der Waals surface area contributed by atoms with Gasteiger partial charge in [-0.25, -0.2) is 8.37 Å². The van der Waals surface area contributed by atoms with Crippen LogP contribution >= 0.6 is 0 Å². The zero-order valence-corrected chi connectivity index (χ0v) is 28.1. The van der Waals surface area contributed by atoms with E-state index in [1.807, 2.05) is 27.7 Å². The fraction of sp³-hybridized carbons (Fsp3) is 1.00. The molecule has 0 N–H and O–H groups in total. The quantitative estimate of drug-likeness (QED) is 0.0652. The fourth-order valence-corrected chi connectivity index (χ4v) is 4.66. The summed E-state index contributed by atoms with van der Waals surface area (Å²) in [6.07, 6.45) is 24.4. The first-order valence-corrected chi connectivity index (χ1v) is 18.0. The van der Waals surface area contributed by atoms with Gasteiger partial charge in [0.2, 0.25) is 0 Å². The second-order valence-corrected chi connectivity index (χ2v) is 11.3. The summed E-state index contributed by atoms with van der Waals surface area (Å²) in [5.74, 6) is 0. The molecular formula is C32H71NaO6S. The molecule has 0 radical (unpaired) electrons. The Morgan fingerprint density at radius 2 is 0.600 bits per heavy atom. The summed E-state index contributed by atoms with van der Waals surface area (Å²) < 4.78 is 43.0. The average Bonchev–Trinajstić information content (AvgIpc) is 2.92. The van der Waals surface area contributed by atoms with Gasteiger partial charge in [0.25, 0.3) is 0 Å². The van der Waals surface area contributed by atoms with Crippen molar-refractivity contribution in [1.29, 1.82) is 0 Å². The van der Waals surface area contributed by atoms with Crippen molar-refractivity contribution in [3.8, 4) is 0 Å². The van der Waals surface area contributed by atoms with Gasteiger partial charge in [-0.3, -0.25) is 0 Å². The van der Waals surface area contributed by atoms with Crippen LogP contribution in [-0.2, 0) is 28.2 Å². The van der Waals surface area contributed by atoms with Crippen molar-refractivity contribution in [2.24, 2.45) is 0 Å². The van der Waals surface area contributed by atoms with Crippen LogP contribution in [0.2, 0.25) is 0 Å². The van der Waals surface area contributed by atoms with Crippen molar-refractivity contribution in [3.63, 3.8) is 0 Å². The van der Waals surface area contributed by atoms with E-state index >= 15 is 0 Å². The molecule has 0 bridgehead atoms. The van der Waals surface area contributed by atoms with E-state index in [-0.39, 0.29) is 42.8 Å². The Morgan fingerprint density at radius 3 is 0.800 bits per heavy atom. The standard InChI is InChI=1S/C24H50O4S.2C4H10O.Na.H/c1-3-5-7-9-11-13-15-17-19-21-23-27-29(25,26)28-24-22-20-18-16-14-12-10-8-6-4-2;2*1-3-5-4-2;;/h3-24H2,1-2H3;2*3-4H2,1-2H3;;. The molecule has 0 fully saturated rings. The molecule has 6 nitrogen and oxygen atoms in total. The van der Waals surface area contributed by atoms with E-state index in [0.717, 1.165) is 65.0 Å². The van der Waals surface area contributed by atoms with Crippen molar-refractivity contribution in [1.82, 2.24) is 0 Å². The SMILES string of the molecule is CCCCCCCCCCCCOS(=O)(=O)OCCCCCCCCCCCC.CCOCC.CCOCC.[NaH]. The van der Waals surface area contributed by atoms with Crippen LogP contribution in [-0.4, -0.2) is 77.6 Å². The van der Waals surface area contributed by atoms with Crippen molar-refractivity contribution >= 4 is 40.0 Å². The molecule has 0 aliphatic carbocycles. The Balaban J connectivity index is -0.000000499. The molecule has 0 aliphatic heterocycles. The van der Waals surface area contributed by atoms with Gasteiger partial charge in [0.05, 0.1) is 13.2 Å². The van der Waals surface area contributed by atoms with Gasteiger partial charge in [0.1, 0.15) is 0 Å². The van der Waals surface area contributed by atoms with Crippen LogP contribution in [0, 0.1) is 0 Å². The summed E-state index contributed by atoms with van der Waals surface area (Å²) in [5, 5.41) is 0. The molecule has 0 saturated carbocycles. The minimum absolute atomic E-state index is 0. The van der Waals surface area contributed by atoms with Crippen LogP contribution in [0.4, 0.5) is 0 Å². The zero-order chi connectivity index (χ0) is 29.7. The van der Waals surface area contributed by atoms with Gasteiger partial charge in [0.15, 0.2) is 0 Å². The molecular weight excluding hydrogens is 535 g/mol. The molecule has 0 unspecified atom stereocenters. The Labute approximate surface area is 274 Å². The summed E-state index contributed by atoms with van der Waals surface area (Å²) in [6.45, 7) is 16.3. The molecule has 242 valence electrons. The number of hydrogen-bond acceptors (Lipinski definition) is 6. The molecule has 0 saturated heterocycles. The summed E-state index contributed by atoms with van der Waals surface area (Å²) in [5.41, 5.74) is 0. The molecule has 0 amide bonds. The first-order chi connectivity index (χ1) is 18.9. The van der Waals surface area contributed by atoms with Gasteiger partial charge in [-0.2, -0.15) is 8.42 Å². The molecule has 0 aromatic rings. The van der Waals surface area contributed by atoms with Crippen LogP contribution in [0.1, 0.15) is 170 Å². The first kappa shape index (κ1) is 47.7. The van der Waals surface area contributed by atoms with Gasteiger partial charge in [-0.1, -0.05) is 129 Å². The first-order valence-electron chi connectivity index (χ1n) is 16.6. The predicted octanol–water partition coefficient (Wildman–Crippen LogP) is 9.54. The van der Waals surface area contributed by atoms with Crippen LogP contribution in [0.25, 0.3) is 0 Å². The molecule has 8 heteroatoms. The van der Waals surface area contributed by atoms with Gasteiger partial charge < -0.3 is 9.47 Å². The van der Waals surface area contributed by atoms with Gasteiger partial charge >= 0.3 is 40.0 Å². The summed E-state index contributed by atoms with van der Waals surface area (Å²) in [4.78, 5) is 0. The second kappa shape index (κ2) is 44.2. The van der Waals surface area contributed by atoms with Crippen LogP contribution in [0.15, 0.2) is 0 Å². The Morgan fingerprint density at radius 1 is 0.375 bits per heavy atom. The van der Waals surface area contributed by atoms with E-state index in [1.165, 1.54) is 89.9 Å². The average molecular weight is 607 g/mol. The van der Waals surface area contributed by atoms with Crippen molar-refractivity contribution < 1.29 is 26.3 Å². The molecule has 0 aliphatic rings. The fourth-order valence-electron chi connectivity index (χ4n) is 3.94. The van der Waals surface area contributed by atoms with Crippen LogP contribution in [0.3, 0.4) is 0 Å². The van der Waals surface area contributed by atoms with E-state index in [1.54, 1.807) is 0 Å². The van der Waals surface area contributed by atoms with E-state index in [4.69, 9.17) is 17.8 Å². The van der Waals surface area contributed by atoms with Gasteiger partial charge in [0, 0.05) is 26.4 Å². The van der Waals surface area contributed by atoms with Crippen molar-refractivity contribution in [2.45, 2.75) is 170 Å². The predicted molar refractivity (Wildman–Crippen MR) is 176 cm³/mol. The van der Waals surface area contributed by atoms with Crippen molar-refractivity contribution in [2.75, 3.05) is 39.6 Å². The third-order valence-corrected chi connectivity index (χ3v) is 7.18. The van der Waals surface area contributed by atoms with Crippen molar-refractivity contribution in [3.05, 3.63) is 0 Å². The zero-order valence-electron chi connectivity index (χ0n) is 27.2. The number of rotatable bonds is 28. The summed E-state index contributed by atoms with van der Waals surface area (Å²) >= 11 is 0. The number of ether oxygens (including phenoxy) is 2. The molecule has 40 heavy (non-hydrogen) atoms. The van der Waals surface area contributed by atoms with Gasteiger partial charge in [-0.15, -0.1) is 0 Å². The Hall–Kier alpha value is 0.790. The molecule has 0 rings (SSSR count). The van der Waals surface area contributed by atoms with E-state index in [0.29, 0.717) is 0 Å². The normalized spacial score (nSPS) is 10.8. The third-order valence-electron chi connectivity index (χ3n) is 6.27. The number of unbranched alkanes of at least 4 members (excludes halogenated alkanes) is 18. The second-order valence-electron chi connectivity index (χ2n) is 9.98. The monoisotopic (exact) mass is 606 g/mol. The molecule has 0 spiro atoms. The van der Waals surface area contributed by atoms with Crippen LogP contribution in [0.5, 0.6) is 0 Å². The topological polar surface area (TPSA) is 71.1 Å². The van der Waals surface area contributed by atoms with Crippen LogP contribution < -0.4 is 0 Å². The maximum atomic E-state index is 11.7. The maximum absolute atomic E-state index is 11.7. The molecule has 0 atom stereocenters.